The van der Waals surface area contributed by atoms with Crippen LogP contribution in [0, 0.1) is 19.8 Å². The maximum atomic E-state index is 12.4. The number of ether oxygens (including phenoxy) is 1. The molecule has 3 heterocycles. The molecule has 2 atom stereocenters. The molecule has 6 heteroatoms. The van der Waals surface area contributed by atoms with Gasteiger partial charge in [-0.2, -0.15) is 4.98 Å². The molecule has 0 aliphatic heterocycles. The van der Waals surface area contributed by atoms with Gasteiger partial charge in [-0.15, -0.1) is 0 Å². The molecule has 3 aromatic heterocycles. The molecule has 2 unspecified atom stereocenters. The Morgan fingerprint density at radius 3 is 2.70 bits per heavy atom. The van der Waals surface area contributed by atoms with Crippen LogP contribution in [0.4, 0.5) is 0 Å². The molecule has 5 rings (SSSR count). The molecule has 0 radical (unpaired) electrons. The second kappa shape index (κ2) is 7.35. The summed E-state index contributed by atoms with van der Waals surface area (Å²) in [6.07, 6.45) is 9.06. The van der Waals surface area contributed by atoms with Gasteiger partial charge in [0.25, 0.3) is 5.56 Å². The zero-order valence-electron chi connectivity index (χ0n) is 17.6. The fourth-order valence-electron chi connectivity index (χ4n) is 4.03. The number of hydrogen-bond acceptors (Lipinski definition) is 5. The molecule has 0 saturated heterocycles. The van der Waals surface area contributed by atoms with Gasteiger partial charge in [0.15, 0.2) is 0 Å². The normalized spacial score (nSPS) is 20.2. The first-order valence-corrected chi connectivity index (χ1v) is 10.6. The third kappa shape index (κ3) is 3.74. The maximum absolute atomic E-state index is 12.4. The predicted octanol–water partition coefficient (Wildman–Crippen LogP) is 3.91. The second-order valence-electron chi connectivity index (χ2n) is 8.68. The van der Waals surface area contributed by atoms with E-state index in [-0.39, 0.29) is 5.56 Å². The van der Waals surface area contributed by atoms with Gasteiger partial charge in [-0.25, -0.2) is 4.98 Å². The van der Waals surface area contributed by atoms with Crippen LogP contribution in [0.3, 0.4) is 0 Å². The van der Waals surface area contributed by atoms with E-state index < -0.39 is 0 Å². The van der Waals surface area contributed by atoms with Gasteiger partial charge in [0, 0.05) is 49.2 Å². The van der Waals surface area contributed by atoms with Gasteiger partial charge in [0.05, 0.1) is 12.2 Å². The zero-order valence-corrected chi connectivity index (χ0v) is 17.6. The lowest BCUT2D eigenvalue weighted by Crippen LogP contribution is -2.17. The smallest absolute Gasteiger partial charge is 0.250 e. The molecule has 0 aromatic carbocycles. The summed E-state index contributed by atoms with van der Waals surface area (Å²) in [5, 5.41) is 0. The molecule has 3 aromatic rings. The molecule has 154 valence electrons. The van der Waals surface area contributed by atoms with Crippen molar-refractivity contribution in [2.75, 3.05) is 6.61 Å². The largest absolute Gasteiger partial charge is 0.477 e. The first-order chi connectivity index (χ1) is 14.5. The first-order valence-electron chi connectivity index (χ1n) is 10.6. The molecule has 2 saturated carbocycles. The molecule has 0 spiro atoms. The van der Waals surface area contributed by atoms with Crippen LogP contribution in [-0.4, -0.2) is 26.1 Å². The van der Waals surface area contributed by atoms with Crippen molar-refractivity contribution in [1.29, 1.82) is 0 Å². The Labute approximate surface area is 176 Å². The highest BCUT2D eigenvalue weighted by Gasteiger charge is 2.40. The molecule has 0 bridgehead atoms. The molecule has 6 nitrogen and oxygen atoms in total. The van der Waals surface area contributed by atoms with Gasteiger partial charge >= 0.3 is 0 Å². The van der Waals surface area contributed by atoms with Crippen molar-refractivity contribution in [2.24, 2.45) is 13.0 Å². The average Bonchev–Trinajstić information content (AvgIpc) is 3.64. The highest BCUT2D eigenvalue weighted by molar-refractivity contribution is 5.71. The van der Waals surface area contributed by atoms with Crippen molar-refractivity contribution < 1.29 is 4.74 Å². The Morgan fingerprint density at radius 2 is 1.97 bits per heavy atom. The summed E-state index contributed by atoms with van der Waals surface area (Å²) in [6, 6.07) is 5.92. The minimum Gasteiger partial charge on any atom is -0.477 e. The summed E-state index contributed by atoms with van der Waals surface area (Å²) in [7, 11) is 1.80. The van der Waals surface area contributed by atoms with E-state index in [1.165, 1.54) is 11.1 Å². The average molecular weight is 402 g/mol. The van der Waals surface area contributed by atoms with Crippen LogP contribution in [0.5, 0.6) is 5.88 Å². The van der Waals surface area contributed by atoms with E-state index in [4.69, 9.17) is 4.74 Å². The molecule has 2 aliphatic rings. The fraction of sp³-hybridized carbons (Fsp3) is 0.417. The minimum atomic E-state index is -0.0337. The van der Waals surface area contributed by atoms with E-state index in [0.29, 0.717) is 36.1 Å². The summed E-state index contributed by atoms with van der Waals surface area (Å²) < 4.78 is 7.86. The Hall–Kier alpha value is -3.02. The number of nitrogens with zero attached hydrogens (tertiary/aromatic N) is 4. The SMILES string of the molecule is Cc1ccc(C2CC2COc2nc(C)ncc2-c2cc(=O)n(C)cc2C2CC2)nc1. The molecule has 2 aliphatic carbocycles. The van der Waals surface area contributed by atoms with E-state index in [0.717, 1.165) is 36.1 Å². The number of hydrogen-bond donors (Lipinski definition) is 0. The van der Waals surface area contributed by atoms with E-state index in [1.54, 1.807) is 23.9 Å². The Kier molecular flexibility index (Phi) is 4.65. The third-order valence-electron chi connectivity index (χ3n) is 6.11. The number of pyridine rings is 2. The van der Waals surface area contributed by atoms with Crippen molar-refractivity contribution in [3.05, 3.63) is 69.8 Å². The fourth-order valence-corrected chi connectivity index (χ4v) is 4.03. The van der Waals surface area contributed by atoms with Gasteiger partial charge in [0.2, 0.25) is 5.88 Å². The van der Waals surface area contributed by atoms with Crippen molar-refractivity contribution >= 4 is 0 Å². The van der Waals surface area contributed by atoms with Crippen molar-refractivity contribution in [2.45, 2.75) is 44.9 Å². The van der Waals surface area contributed by atoms with Crippen LogP contribution in [0.2, 0.25) is 0 Å². The predicted molar refractivity (Wildman–Crippen MR) is 115 cm³/mol. The maximum Gasteiger partial charge on any atom is 0.250 e. The molecular formula is C24H26N4O2. The van der Waals surface area contributed by atoms with Crippen molar-refractivity contribution in [1.82, 2.24) is 19.5 Å². The van der Waals surface area contributed by atoms with Crippen molar-refractivity contribution in [3.63, 3.8) is 0 Å². The Bertz CT molecular complexity index is 1150. The van der Waals surface area contributed by atoms with E-state index >= 15 is 0 Å². The zero-order chi connectivity index (χ0) is 20.8. The topological polar surface area (TPSA) is 69.9 Å². The minimum absolute atomic E-state index is 0.0337. The van der Waals surface area contributed by atoms with Gasteiger partial charge in [-0.05, 0) is 61.8 Å². The number of aromatic nitrogens is 4. The lowest BCUT2D eigenvalue weighted by atomic mass is 10.0. The number of rotatable bonds is 6. The van der Waals surface area contributed by atoms with E-state index in [1.807, 2.05) is 19.3 Å². The quantitative estimate of drug-likeness (QED) is 0.625. The van der Waals surface area contributed by atoms with Gasteiger partial charge in [-0.1, -0.05) is 6.07 Å². The number of aryl methyl sites for hydroxylation is 3. The van der Waals surface area contributed by atoms with Crippen LogP contribution in [0.25, 0.3) is 11.1 Å². The van der Waals surface area contributed by atoms with E-state index in [9.17, 15) is 4.79 Å². The van der Waals surface area contributed by atoms with Crippen LogP contribution in [0.1, 0.15) is 53.7 Å². The molecule has 0 N–H and O–H groups in total. The Balaban J connectivity index is 1.40. The first kappa shape index (κ1) is 19.0. The third-order valence-corrected chi connectivity index (χ3v) is 6.11. The molecule has 30 heavy (non-hydrogen) atoms. The highest BCUT2D eigenvalue weighted by Crippen LogP contribution is 2.48. The monoisotopic (exact) mass is 402 g/mol. The summed E-state index contributed by atoms with van der Waals surface area (Å²) in [5.41, 5.74) is 5.18. The lowest BCUT2D eigenvalue weighted by Gasteiger charge is -2.15. The van der Waals surface area contributed by atoms with Gasteiger partial charge in [0.1, 0.15) is 5.82 Å². The van der Waals surface area contributed by atoms with Gasteiger partial charge < -0.3 is 9.30 Å². The standard InChI is InChI=1S/C24H26N4O2/c1-14-4-7-22(26-10-14)18-8-17(18)13-30-24-20(11-25-15(2)27-24)19-9-23(29)28(3)12-21(19)16-5-6-16/h4,7,9-12,16-18H,5-6,8,13H2,1-3H3. The lowest BCUT2D eigenvalue weighted by molar-refractivity contribution is 0.285. The summed E-state index contributed by atoms with van der Waals surface area (Å²) in [4.78, 5) is 25.9. The summed E-state index contributed by atoms with van der Waals surface area (Å²) in [5.74, 6) is 2.62. The van der Waals surface area contributed by atoms with Crippen LogP contribution >= 0.6 is 0 Å². The van der Waals surface area contributed by atoms with Crippen LogP contribution in [0.15, 0.2) is 41.6 Å². The summed E-state index contributed by atoms with van der Waals surface area (Å²) in [6.45, 7) is 4.50. The Morgan fingerprint density at radius 1 is 1.13 bits per heavy atom. The van der Waals surface area contributed by atoms with Crippen LogP contribution < -0.4 is 10.3 Å². The second-order valence-corrected chi connectivity index (χ2v) is 8.68. The van der Waals surface area contributed by atoms with E-state index in [2.05, 4.69) is 34.0 Å². The highest BCUT2D eigenvalue weighted by atomic mass is 16.5. The van der Waals surface area contributed by atoms with Crippen LogP contribution in [-0.2, 0) is 7.05 Å². The molecule has 0 amide bonds. The van der Waals surface area contributed by atoms with Gasteiger partial charge in [-0.3, -0.25) is 9.78 Å². The molecule has 2 fully saturated rings. The summed E-state index contributed by atoms with van der Waals surface area (Å²) >= 11 is 0. The van der Waals surface area contributed by atoms with Crippen molar-refractivity contribution in [3.8, 4) is 17.0 Å². The molecular weight excluding hydrogens is 376 g/mol.